The van der Waals surface area contributed by atoms with Gasteiger partial charge in [-0.2, -0.15) is 5.10 Å². The van der Waals surface area contributed by atoms with Crippen LogP contribution in [0.3, 0.4) is 0 Å². The zero-order valence-electron chi connectivity index (χ0n) is 15.5. The van der Waals surface area contributed by atoms with Crippen molar-refractivity contribution in [3.8, 4) is 11.5 Å². The number of hydrogen-bond donors (Lipinski definition) is 3. The van der Waals surface area contributed by atoms with Crippen LogP contribution < -0.4 is 20.2 Å². The number of aryl methyl sites for hydroxylation is 1. The van der Waals surface area contributed by atoms with Gasteiger partial charge in [0.15, 0.2) is 11.5 Å². The number of carbonyl (C=O) groups is 3. The van der Waals surface area contributed by atoms with E-state index < -0.39 is 17.8 Å². The summed E-state index contributed by atoms with van der Waals surface area (Å²) in [4.78, 5) is 35.3. The molecular formula is C19H19N3O6. The lowest BCUT2D eigenvalue weighted by Crippen LogP contribution is -2.32. The third-order valence-electron chi connectivity index (χ3n) is 3.68. The third-order valence-corrected chi connectivity index (χ3v) is 3.68. The number of hydrogen-bond acceptors (Lipinski definition) is 6. The second kappa shape index (κ2) is 9.17. The molecule has 2 aromatic carbocycles. The molecule has 9 nitrogen and oxygen atoms in total. The molecule has 0 radical (unpaired) electrons. The van der Waals surface area contributed by atoms with Gasteiger partial charge in [-0.1, -0.05) is 17.7 Å². The maximum atomic E-state index is 11.9. The van der Waals surface area contributed by atoms with Crippen LogP contribution >= 0.6 is 0 Å². The molecule has 0 saturated heterocycles. The molecule has 0 fully saturated rings. The Labute approximate surface area is 161 Å². The first-order chi connectivity index (χ1) is 13.4. The predicted octanol–water partition coefficient (Wildman–Crippen LogP) is 1.80. The Kier molecular flexibility index (Phi) is 6.69. The molecule has 0 saturated carbocycles. The van der Waals surface area contributed by atoms with Crippen LogP contribution in [0, 0.1) is 6.92 Å². The largest absolute Gasteiger partial charge is 0.493 e. The van der Waals surface area contributed by atoms with Crippen molar-refractivity contribution in [2.75, 3.05) is 19.5 Å². The van der Waals surface area contributed by atoms with Gasteiger partial charge in [0.1, 0.15) is 5.56 Å². The number of carbonyl (C=O) groups excluding carboxylic acids is 2. The second-order valence-corrected chi connectivity index (χ2v) is 5.59. The lowest BCUT2D eigenvalue weighted by molar-refractivity contribution is -0.136. The molecule has 0 aliphatic carbocycles. The number of benzene rings is 2. The molecule has 0 bridgehead atoms. The predicted molar refractivity (Wildman–Crippen MR) is 102 cm³/mol. The topological polar surface area (TPSA) is 126 Å². The van der Waals surface area contributed by atoms with Gasteiger partial charge in [-0.15, -0.1) is 0 Å². The minimum absolute atomic E-state index is 0.0161. The smallest absolute Gasteiger partial charge is 0.340 e. The summed E-state index contributed by atoms with van der Waals surface area (Å²) in [5, 5.41) is 15.5. The molecule has 146 valence electrons. The molecule has 2 rings (SSSR count). The van der Waals surface area contributed by atoms with Crippen molar-refractivity contribution in [2.24, 2.45) is 5.10 Å². The fourth-order valence-electron chi connectivity index (χ4n) is 2.31. The lowest BCUT2D eigenvalue weighted by Gasteiger charge is -2.12. The van der Waals surface area contributed by atoms with Crippen LogP contribution in [0.15, 0.2) is 41.5 Å². The van der Waals surface area contributed by atoms with Crippen molar-refractivity contribution < 1.29 is 29.0 Å². The average Bonchev–Trinajstić information content (AvgIpc) is 2.68. The number of methoxy groups -OCH3 is 2. The molecule has 2 aromatic rings. The molecule has 0 spiro atoms. The maximum Gasteiger partial charge on any atom is 0.340 e. The van der Waals surface area contributed by atoms with Gasteiger partial charge in [0, 0.05) is 11.3 Å². The standard InChI is InChI=1S/C19H19N3O6/c1-11-4-7-13(8-5-11)21-17(23)18(24)22-20-10-12-6-9-14(27-2)16(28-3)15(12)19(25)26/h4-10H,1-3H3,(H,21,23)(H,22,24)(H,25,26)/b20-10-. The first-order valence-corrected chi connectivity index (χ1v) is 8.06. The highest BCUT2D eigenvalue weighted by Gasteiger charge is 2.20. The Bertz CT molecular complexity index is 922. The van der Waals surface area contributed by atoms with Crippen molar-refractivity contribution in [1.29, 1.82) is 0 Å². The maximum absolute atomic E-state index is 11.9. The molecule has 0 unspecified atom stereocenters. The van der Waals surface area contributed by atoms with Crippen LogP contribution in [0.4, 0.5) is 5.69 Å². The Morgan fingerprint density at radius 2 is 1.68 bits per heavy atom. The van der Waals surface area contributed by atoms with E-state index in [1.807, 2.05) is 12.3 Å². The zero-order chi connectivity index (χ0) is 20.7. The Balaban J connectivity index is 2.11. The van der Waals surface area contributed by atoms with E-state index in [9.17, 15) is 19.5 Å². The van der Waals surface area contributed by atoms with Crippen molar-refractivity contribution >= 4 is 29.7 Å². The van der Waals surface area contributed by atoms with Gasteiger partial charge in [0.25, 0.3) is 0 Å². The van der Waals surface area contributed by atoms with Gasteiger partial charge in [-0.05, 0) is 31.2 Å². The van der Waals surface area contributed by atoms with E-state index in [0.29, 0.717) is 5.69 Å². The fourth-order valence-corrected chi connectivity index (χ4v) is 2.31. The first-order valence-electron chi connectivity index (χ1n) is 8.06. The van der Waals surface area contributed by atoms with E-state index in [1.54, 1.807) is 24.3 Å². The summed E-state index contributed by atoms with van der Waals surface area (Å²) in [5.74, 6) is -2.93. The molecule has 0 atom stereocenters. The third kappa shape index (κ3) is 4.85. The van der Waals surface area contributed by atoms with Crippen LogP contribution in [-0.4, -0.2) is 43.3 Å². The number of rotatable bonds is 6. The summed E-state index contributed by atoms with van der Waals surface area (Å²) in [7, 11) is 2.69. The number of ether oxygens (including phenoxy) is 2. The Morgan fingerprint density at radius 3 is 2.25 bits per heavy atom. The van der Waals surface area contributed by atoms with Gasteiger partial charge in [0.05, 0.1) is 20.4 Å². The SMILES string of the molecule is COc1ccc(/C=N\NC(=O)C(=O)Nc2ccc(C)cc2)c(C(=O)O)c1OC. The molecule has 28 heavy (non-hydrogen) atoms. The molecule has 2 amide bonds. The summed E-state index contributed by atoms with van der Waals surface area (Å²) in [6, 6.07) is 9.83. The Morgan fingerprint density at radius 1 is 1.00 bits per heavy atom. The summed E-state index contributed by atoms with van der Waals surface area (Å²) in [6.45, 7) is 1.90. The van der Waals surface area contributed by atoms with Crippen LogP contribution in [0.5, 0.6) is 11.5 Å². The van der Waals surface area contributed by atoms with E-state index in [1.165, 1.54) is 26.4 Å². The number of amides is 2. The quantitative estimate of drug-likeness (QED) is 0.395. The average molecular weight is 385 g/mol. The minimum Gasteiger partial charge on any atom is -0.493 e. The van der Waals surface area contributed by atoms with E-state index in [2.05, 4.69) is 10.4 Å². The van der Waals surface area contributed by atoms with E-state index in [4.69, 9.17) is 9.47 Å². The summed E-state index contributed by atoms with van der Waals surface area (Å²) in [5.41, 5.74) is 3.49. The van der Waals surface area contributed by atoms with Crippen molar-refractivity contribution in [3.05, 3.63) is 53.1 Å². The highest BCUT2D eigenvalue weighted by molar-refractivity contribution is 6.39. The van der Waals surface area contributed by atoms with E-state index >= 15 is 0 Å². The van der Waals surface area contributed by atoms with Crippen LogP contribution in [-0.2, 0) is 9.59 Å². The summed E-state index contributed by atoms with van der Waals surface area (Å²) in [6.07, 6.45) is 1.10. The molecule has 0 aliphatic heterocycles. The minimum atomic E-state index is -1.26. The molecule has 9 heteroatoms. The number of anilines is 1. The van der Waals surface area contributed by atoms with E-state index in [-0.39, 0.29) is 22.6 Å². The van der Waals surface area contributed by atoms with Crippen LogP contribution in [0.25, 0.3) is 0 Å². The first kappa shape index (κ1) is 20.4. The number of hydrazone groups is 1. The van der Waals surface area contributed by atoms with Gasteiger partial charge in [-0.25, -0.2) is 10.2 Å². The molecule has 0 aliphatic rings. The summed E-state index contributed by atoms with van der Waals surface area (Å²) < 4.78 is 10.2. The van der Waals surface area contributed by atoms with Crippen molar-refractivity contribution in [3.63, 3.8) is 0 Å². The van der Waals surface area contributed by atoms with Gasteiger partial charge >= 0.3 is 17.8 Å². The fraction of sp³-hybridized carbons (Fsp3) is 0.158. The number of carboxylic acid groups (broad SMARTS) is 1. The van der Waals surface area contributed by atoms with Crippen molar-refractivity contribution in [1.82, 2.24) is 5.43 Å². The highest BCUT2D eigenvalue weighted by atomic mass is 16.5. The molecule has 0 aromatic heterocycles. The van der Waals surface area contributed by atoms with Crippen LogP contribution in [0.2, 0.25) is 0 Å². The van der Waals surface area contributed by atoms with Crippen LogP contribution in [0.1, 0.15) is 21.5 Å². The second-order valence-electron chi connectivity index (χ2n) is 5.59. The van der Waals surface area contributed by atoms with Gasteiger partial charge in [-0.3, -0.25) is 9.59 Å². The molecule has 3 N–H and O–H groups in total. The Hall–Kier alpha value is -3.88. The molecular weight excluding hydrogens is 366 g/mol. The lowest BCUT2D eigenvalue weighted by atomic mass is 10.1. The van der Waals surface area contributed by atoms with Crippen molar-refractivity contribution in [2.45, 2.75) is 6.92 Å². The van der Waals surface area contributed by atoms with E-state index in [0.717, 1.165) is 11.8 Å². The number of aromatic carboxylic acids is 1. The van der Waals surface area contributed by atoms with Gasteiger partial charge in [0.2, 0.25) is 0 Å². The number of nitrogens with zero attached hydrogens (tertiary/aromatic N) is 1. The monoisotopic (exact) mass is 385 g/mol. The highest BCUT2D eigenvalue weighted by Crippen LogP contribution is 2.32. The number of carboxylic acids is 1. The normalized spacial score (nSPS) is 10.4. The zero-order valence-corrected chi connectivity index (χ0v) is 15.5. The van der Waals surface area contributed by atoms with Gasteiger partial charge < -0.3 is 19.9 Å². The number of nitrogens with one attached hydrogen (secondary N) is 2. The summed E-state index contributed by atoms with van der Waals surface area (Å²) >= 11 is 0. The molecule has 0 heterocycles.